The molecule has 1 aliphatic rings. The van der Waals surface area contributed by atoms with Crippen molar-refractivity contribution in [1.82, 2.24) is 10.6 Å². The normalized spacial score (nSPS) is 19.2. The predicted octanol–water partition coefficient (Wildman–Crippen LogP) is 1.26. The highest BCUT2D eigenvalue weighted by atomic mass is 16.2. The van der Waals surface area contributed by atoms with E-state index in [1.165, 1.54) is 5.56 Å². The van der Waals surface area contributed by atoms with Crippen LogP contribution in [0.3, 0.4) is 0 Å². The molecule has 1 aromatic carbocycles. The van der Waals surface area contributed by atoms with E-state index in [-0.39, 0.29) is 11.8 Å². The Morgan fingerprint density at radius 3 is 2.72 bits per heavy atom. The fourth-order valence-electron chi connectivity index (χ4n) is 2.04. The van der Waals surface area contributed by atoms with Crippen molar-refractivity contribution >= 4 is 11.8 Å². The van der Waals surface area contributed by atoms with E-state index in [1.54, 1.807) is 12.1 Å². The minimum Gasteiger partial charge on any atom is -0.354 e. The minimum absolute atomic E-state index is 0.0835. The summed E-state index contributed by atoms with van der Waals surface area (Å²) in [5.41, 5.74) is 1.80. The number of hydrogen-bond acceptors (Lipinski definition) is 2. The molecule has 1 saturated heterocycles. The van der Waals surface area contributed by atoms with Crippen LogP contribution in [0, 0.1) is 0 Å². The van der Waals surface area contributed by atoms with Crippen LogP contribution in [-0.2, 0) is 11.2 Å². The molecule has 0 radical (unpaired) electrons. The molecule has 4 heteroatoms. The lowest BCUT2D eigenvalue weighted by atomic mass is 10.1. The molecule has 1 atom stereocenters. The SMILES string of the molecule is CCc1ccc(C(=O)N[C@H]2CCCNC2=O)cc1. The summed E-state index contributed by atoms with van der Waals surface area (Å²) in [5.74, 6) is -0.264. The highest BCUT2D eigenvalue weighted by Crippen LogP contribution is 2.07. The zero-order valence-electron chi connectivity index (χ0n) is 10.5. The second-order valence-electron chi connectivity index (χ2n) is 4.51. The van der Waals surface area contributed by atoms with Crippen molar-refractivity contribution in [2.24, 2.45) is 0 Å². The molecule has 0 spiro atoms. The van der Waals surface area contributed by atoms with Gasteiger partial charge in [0.2, 0.25) is 5.91 Å². The molecule has 0 unspecified atom stereocenters. The first-order valence-corrected chi connectivity index (χ1v) is 6.38. The fraction of sp³-hybridized carbons (Fsp3) is 0.429. The molecule has 2 N–H and O–H groups in total. The smallest absolute Gasteiger partial charge is 0.251 e. The van der Waals surface area contributed by atoms with Crippen molar-refractivity contribution in [1.29, 1.82) is 0 Å². The molecule has 1 heterocycles. The Kier molecular flexibility index (Phi) is 3.97. The molecule has 4 nitrogen and oxygen atoms in total. The van der Waals surface area contributed by atoms with E-state index in [9.17, 15) is 9.59 Å². The first-order chi connectivity index (χ1) is 8.70. The van der Waals surface area contributed by atoms with Crippen molar-refractivity contribution in [3.8, 4) is 0 Å². The molecule has 2 amide bonds. The van der Waals surface area contributed by atoms with Crippen molar-refractivity contribution in [3.05, 3.63) is 35.4 Å². The van der Waals surface area contributed by atoms with Crippen molar-refractivity contribution in [2.75, 3.05) is 6.54 Å². The first kappa shape index (κ1) is 12.6. The van der Waals surface area contributed by atoms with E-state index >= 15 is 0 Å². The molecular formula is C14H18N2O2. The van der Waals surface area contributed by atoms with Gasteiger partial charge in [0.1, 0.15) is 6.04 Å². The molecule has 0 bridgehead atoms. The van der Waals surface area contributed by atoms with Gasteiger partial charge in [-0.2, -0.15) is 0 Å². The standard InChI is InChI=1S/C14H18N2O2/c1-2-10-5-7-11(8-6-10)13(17)16-12-4-3-9-15-14(12)18/h5-8,12H,2-4,9H2,1H3,(H,15,18)(H,16,17)/t12-/m0/s1. The van der Waals surface area contributed by atoms with E-state index in [1.807, 2.05) is 12.1 Å². The van der Waals surface area contributed by atoms with Crippen LogP contribution < -0.4 is 10.6 Å². The van der Waals surface area contributed by atoms with Crippen molar-refractivity contribution in [3.63, 3.8) is 0 Å². The Bertz CT molecular complexity index is 440. The Morgan fingerprint density at radius 1 is 1.39 bits per heavy atom. The zero-order valence-corrected chi connectivity index (χ0v) is 10.5. The third-order valence-electron chi connectivity index (χ3n) is 3.21. The number of carbonyl (C=O) groups excluding carboxylic acids is 2. The van der Waals surface area contributed by atoms with Gasteiger partial charge >= 0.3 is 0 Å². The molecule has 1 aliphatic heterocycles. The van der Waals surface area contributed by atoms with E-state index in [0.717, 1.165) is 12.8 Å². The quantitative estimate of drug-likeness (QED) is 0.843. The topological polar surface area (TPSA) is 58.2 Å². The van der Waals surface area contributed by atoms with E-state index in [2.05, 4.69) is 17.6 Å². The number of nitrogens with one attached hydrogen (secondary N) is 2. The molecule has 0 aromatic heterocycles. The van der Waals surface area contributed by atoms with Gasteiger partial charge in [0.05, 0.1) is 0 Å². The lowest BCUT2D eigenvalue weighted by Gasteiger charge is -2.22. The molecule has 2 rings (SSSR count). The number of piperidine rings is 1. The maximum atomic E-state index is 12.0. The van der Waals surface area contributed by atoms with Gasteiger partial charge in [-0.25, -0.2) is 0 Å². The Balaban J connectivity index is 2.00. The summed E-state index contributed by atoms with van der Waals surface area (Å²) < 4.78 is 0. The van der Waals surface area contributed by atoms with E-state index in [4.69, 9.17) is 0 Å². The summed E-state index contributed by atoms with van der Waals surface area (Å²) in [4.78, 5) is 23.5. The number of rotatable bonds is 3. The predicted molar refractivity (Wildman–Crippen MR) is 69.3 cm³/mol. The van der Waals surface area contributed by atoms with Crippen molar-refractivity contribution < 1.29 is 9.59 Å². The summed E-state index contributed by atoms with van der Waals surface area (Å²) >= 11 is 0. The second kappa shape index (κ2) is 5.67. The summed E-state index contributed by atoms with van der Waals surface area (Å²) in [6.07, 6.45) is 2.57. The van der Waals surface area contributed by atoms with Crippen LogP contribution in [0.1, 0.15) is 35.7 Å². The third kappa shape index (κ3) is 2.88. The Hall–Kier alpha value is -1.84. The molecule has 18 heavy (non-hydrogen) atoms. The maximum absolute atomic E-state index is 12.0. The van der Waals surface area contributed by atoms with Crippen molar-refractivity contribution in [2.45, 2.75) is 32.2 Å². The van der Waals surface area contributed by atoms with Gasteiger partial charge in [0.15, 0.2) is 0 Å². The monoisotopic (exact) mass is 246 g/mol. The number of carbonyl (C=O) groups is 2. The van der Waals surface area contributed by atoms with Gasteiger partial charge in [-0.1, -0.05) is 19.1 Å². The first-order valence-electron chi connectivity index (χ1n) is 6.38. The zero-order chi connectivity index (χ0) is 13.0. The van der Waals surface area contributed by atoms with Gasteiger partial charge in [-0.15, -0.1) is 0 Å². The molecular weight excluding hydrogens is 228 g/mol. The summed E-state index contributed by atoms with van der Waals surface area (Å²) in [7, 11) is 0. The van der Waals surface area contributed by atoms with E-state index < -0.39 is 6.04 Å². The molecule has 0 saturated carbocycles. The lowest BCUT2D eigenvalue weighted by Crippen LogP contribution is -2.50. The van der Waals surface area contributed by atoms with Gasteiger partial charge in [-0.05, 0) is 37.0 Å². The van der Waals surface area contributed by atoms with Gasteiger partial charge in [0, 0.05) is 12.1 Å². The highest BCUT2D eigenvalue weighted by Gasteiger charge is 2.23. The van der Waals surface area contributed by atoms with Crippen LogP contribution in [-0.4, -0.2) is 24.4 Å². The summed E-state index contributed by atoms with van der Waals surface area (Å²) in [6.45, 7) is 2.78. The van der Waals surface area contributed by atoms with E-state index in [0.29, 0.717) is 18.5 Å². The van der Waals surface area contributed by atoms with Gasteiger partial charge < -0.3 is 10.6 Å². The second-order valence-corrected chi connectivity index (χ2v) is 4.51. The summed E-state index contributed by atoms with van der Waals surface area (Å²) in [6, 6.07) is 7.09. The van der Waals surface area contributed by atoms with Crippen LogP contribution in [0.2, 0.25) is 0 Å². The van der Waals surface area contributed by atoms with Crippen LogP contribution >= 0.6 is 0 Å². The molecule has 96 valence electrons. The Labute approximate surface area is 107 Å². The number of hydrogen-bond donors (Lipinski definition) is 2. The molecule has 1 aromatic rings. The van der Waals surface area contributed by atoms with Crippen LogP contribution in [0.4, 0.5) is 0 Å². The van der Waals surface area contributed by atoms with Gasteiger partial charge in [-0.3, -0.25) is 9.59 Å². The van der Waals surface area contributed by atoms with Crippen LogP contribution in [0.5, 0.6) is 0 Å². The number of aryl methyl sites for hydroxylation is 1. The number of amides is 2. The largest absolute Gasteiger partial charge is 0.354 e. The molecule has 0 aliphatic carbocycles. The minimum atomic E-state index is -0.392. The maximum Gasteiger partial charge on any atom is 0.251 e. The van der Waals surface area contributed by atoms with Crippen LogP contribution in [0.15, 0.2) is 24.3 Å². The van der Waals surface area contributed by atoms with Crippen LogP contribution in [0.25, 0.3) is 0 Å². The molecule has 1 fully saturated rings. The average molecular weight is 246 g/mol. The highest BCUT2D eigenvalue weighted by molar-refractivity contribution is 5.97. The van der Waals surface area contributed by atoms with Gasteiger partial charge in [0.25, 0.3) is 5.91 Å². The Morgan fingerprint density at radius 2 is 2.11 bits per heavy atom. The number of benzene rings is 1. The summed E-state index contributed by atoms with van der Waals surface area (Å²) in [5, 5.41) is 5.52. The average Bonchev–Trinajstić information content (AvgIpc) is 2.41. The fourth-order valence-corrected chi connectivity index (χ4v) is 2.04. The lowest BCUT2D eigenvalue weighted by molar-refractivity contribution is -0.124. The third-order valence-corrected chi connectivity index (χ3v) is 3.21.